The number of aliphatic hydroxyl groups is 1. The Hall–Kier alpha value is -1.46. The number of hydrogen-bond acceptors (Lipinski definition) is 4. The molecular weight excluding hydrogens is 308 g/mol. The monoisotopic (exact) mass is 332 g/mol. The second kappa shape index (κ2) is 7.88. The number of para-hydroxylation sites is 1. The van der Waals surface area contributed by atoms with Crippen molar-refractivity contribution in [3.05, 3.63) is 29.3 Å². The molecule has 0 bridgehead atoms. The Morgan fingerprint density at radius 2 is 2.09 bits per heavy atom. The molecule has 1 saturated carbocycles. The number of carbonyl (C=O) groups is 1. The van der Waals surface area contributed by atoms with Crippen molar-refractivity contribution in [1.82, 2.24) is 10.3 Å². The molecule has 1 heterocycles. The highest BCUT2D eigenvalue weighted by Gasteiger charge is 2.24. The molecule has 124 valence electrons. The molecule has 1 fully saturated rings. The van der Waals surface area contributed by atoms with Gasteiger partial charge in [-0.2, -0.15) is 0 Å². The standard InChI is InChI=1S/C18H24N2O2S/c21-15-9-3-1-7-13(15)19-17(22)11-5-6-12-18-20-14-8-2-4-10-16(14)23-18/h2,4,8,10,13,15,21H,1,3,5-7,9,11-12H2,(H,19,22). The van der Waals surface area contributed by atoms with Gasteiger partial charge in [0.2, 0.25) is 5.91 Å². The number of rotatable bonds is 6. The predicted molar refractivity (Wildman–Crippen MR) is 93.6 cm³/mol. The summed E-state index contributed by atoms with van der Waals surface area (Å²) >= 11 is 1.74. The summed E-state index contributed by atoms with van der Waals surface area (Å²) in [6.45, 7) is 0. The van der Waals surface area contributed by atoms with Crippen molar-refractivity contribution >= 4 is 27.5 Å². The largest absolute Gasteiger partial charge is 0.391 e. The van der Waals surface area contributed by atoms with Crippen molar-refractivity contribution in [3.8, 4) is 0 Å². The van der Waals surface area contributed by atoms with E-state index in [9.17, 15) is 9.90 Å². The first-order valence-corrected chi connectivity index (χ1v) is 9.36. The highest BCUT2D eigenvalue weighted by atomic mass is 32.1. The number of aliphatic hydroxyl groups excluding tert-OH is 1. The third kappa shape index (κ3) is 4.52. The summed E-state index contributed by atoms with van der Waals surface area (Å²) in [5.74, 6) is 0.0697. The van der Waals surface area contributed by atoms with Crippen molar-refractivity contribution in [1.29, 1.82) is 0 Å². The van der Waals surface area contributed by atoms with Gasteiger partial charge in [0, 0.05) is 6.42 Å². The van der Waals surface area contributed by atoms with Crippen LogP contribution in [-0.4, -0.2) is 28.1 Å². The van der Waals surface area contributed by atoms with Crippen LogP contribution in [-0.2, 0) is 11.2 Å². The summed E-state index contributed by atoms with van der Waals surface area (Å²) in [5.41, 5.74) is 1.07. The molecule has 0 radical (unpaired) electrons. The Bertz CT molecular complexity index is 622. The van der Waals surface area contributed by atoms with Crippen LogP contribution in [0.2, 0.25) is 0 Å². The lowest BCUT2D eigenvalue weighted by Crippen LogP contribution is -2.44. The molecule has 2 aromatic rings. The number of benzene rings is 1. The number of fused-ring (bicyclic) bond motifs is 1. The third-order valence-corrected chi connectivity index (χ3v) is 5.55. The second-order valence-electron chi connectivity index (χ2n) is 6.31. The first-order valence-electron chi connectivity index (χ1n) is 8.54. The van der Waals surface area contributed by atoms with E-state index < -0.39 is 0 Å². The first kappa shape index (κ1) is 16.4. The first-order chi connectivity index (χ1) is 11.2. The van der Waals surface area contributed by atoms with Gasteiger partial charge in [-0.05, 0) is 44.2 Å². The van der Waals surface area contributed by atoms with Crippen LogP contribution in [0.5, 0.6) is 0 Å². The molecule has 1 aliphatic carbocycles. The molecule has 0 saturated heterocycles. The minimum Gasteiger partial charge on any atom is -0.391 e. The lowest BCUT2D eigenvalue weighted by molar-refractivity contribution is -0.123. The SMILES string of the molecule is O=C(CCCCc1nc2ccccc2s1)NC1CCCCC1O. The number of aromatic nitrogens is 1. The van der Waals surface area contributed by atoms with Crippen LogP contribution >= 0.6 is 11.3 Å². The number of hydrogen-bond donors (Lipinski definition) is 2. The molecule has 1 amide bonds. The predicted octanol–water partition coefficient (Wildman–Crippen LogP) is 3.43. The molecule has 4 nitrogen and oxygen atoms in total. The van der Waals surface area contributed by atoms with E-state index in [0.717, 1.165) is 55.5 Å². The average Bonchev–Trinajstić information content (AvgIpc) is 2.96. The minimum atomic E-state index is -0.365. The van der Waals surface area contributed by atoms with E-state index in [-0.39, 0.29) is 18.1 Å². The maximum absolute atomic E-state index is 12.0. The van der Waals surface area contributed by atoms with Gasteiger partial charge >= 0.3 is 0 Å². The number of aryl methyl sites for hydroxylation is 1. The van der Waals surface area contributed by atoms with Crippen LogP contribution in [0.25, 0.3) is 10.2 Å². The topological polar surface area (TPSA) is 62.2 Å². The summed E-state index contributed by atoms with van der Waals surface area (Å²) in [6, 6.07) is 8.14. The van der Waals surface area contributed by atoms with Crippen molar-refractivity contribution in [2.24, 2.45) is 0 Å². The van der Waals surface area contributed by atoms with Crippen LogP contribution < -0.4 is 5.32 Å². The van der Waals surface area contributed by atoms with E-state index in [0.29, 0.717) is 6.42 Å². The molecule has 1 aromatic heterocycles. The van der Waals surface area contributed by atoms with Crippen LogP contribution in [0.15, 0.2) is 24.3 Å². The zero-order chi connectivity index (χ0) is 16.1. The Morgan fingerprint density at radius 3 is 2.91 bits per heavy atom. The number of thiazole rings is 1. The Balaban J connectivity index is 1.38. The molecule has 2 atom stereocenters. The third-order valence-electron chi connectivity index (χ3n) is 4.46. The summed E-state index contributed by atoms with van der Waals surface area (Å²) < 4.78 is 1.23. The number of carbonyl (C=O) groups excluding carboxylic acids is 1. The highest BCUT2D eigenvalue weighted by molar-refractivity contribution is 7.18. The fourth-order valence-electron chi connectivity index (χ4n) is 3.15. The smallest absolute Gasteiger partial charge is 0.220 e. The molecule has 1 aromatic carbocycles. The van der Waals surface area contributed by atoms with Gasteiger partial charge in [-0.15, -0.1) is 11.3 Å². The van der Waals surface area contributed by atoms with Gasteiger partial charge in [-0.25, -0.2) is 4.98 Å². The number of amides is 1. The molecule has 2 unspecified atom stereocenters. The summed E-state index contributed by atoms with van der Waals surface area (Å²) in [4.78, 5) is 16.6. The van der Waals surface area contributed by atoms with Gasteiger partial charge in [-0.3, -0.25) is 4.79 Å². The number of nitrogens with zero attached hydrogens (tertiary/aromatic N) is 1. The summed E-state index contributed by atoms with van der Waals surface area (Å²) in [5, 5.41) is 14.0. The van der Waals surface area contributed by atoms with Crippen molar-refractivity contribution in [2.45, 2.75) is 63.5 Å². The van der Waals surface area contributed by atoms with E-state index in [1.165, 1.54) is 4.70 Å². The Morgan fingerprint density at radius 1 is 1.26 bits per heavy atom. The Labute approximate surface area is 140 Å². The normalized spacial score (nSPS) is 21.4. The Kier molecular flexibility index (Phi) is 5.62. The van der Waals surface area contributed by atoms with Crippen molar-refractivity contribution in [3.63, 3.8) is 0 Å². The molecule has 23 heavy (non-hydrogen) atoms. The van der Waals surface area contributed by atoms with Gasteiger partial charge in [0.25, 0.3) is 0 Å². The molecular formula is C18H24N2O2S. The van der Waals surface area contributed by atoms with Crippen LogP contribution in [0.3, 0.4) is 0 Å². The molecule has 1 aliphatic rings. The second-order valence-corrected chi connectivity index (χ2v) is 7.42. The van der Waals surface area contributed by atoms with Crippen LogP contribution in [0.4, 0.5) is 0 Å². The fraction of sp³-hybridized carbons (Fsp3) is 0.556. The van der Waals surface area contributed by atoms with Crippen LogP contribution in [0, 0.1) is 0 Å². The van der Waals surface area contributed by atoms with Gasteiger partial charge in [0.15, 0.2) is 0 Å². The van der Waals surface area contributed by atoms with Crippen molar-refractivity contribution in [2.75, 3.05) is 0 Å². The van der Waals surface area contributed by atoms with Crippen LogP contribution in [0.1, 0.15) is 50.0 Å². The van der Waals surface area contributed by atoms with E-state index in [1.807, 2.05) is 18.2 Å². The fourth-order valence-corrected chi connectivity index (χ4v) is 4.16. The number of unbranched alkanes of at least 4 members (excludes halogenated alkanes) is 1. The molecule has 5 heteroatoms. The van der Waals surface area contributed by atoms with E-state index >= 15 is 0 Å². The quantitative estimate of drug-likeness (QED) is 0.797. The average molecular weight is 332 g/mol. The summed E-state index contributed by atoms with van der Waals surface area (Å²) in [6.07, 6.45) is 6.81. The molecule has 0 aliphatic heterocycles. The van der Waals surface area contributed by atoms with E-state index in [2.05, 4.69) is 16.4 Å². The lowest BCUT2D eigenvalue weighted by atomic mass is 9.92. The van der Waals surface area contributed by atoms with Gasteiger partial charge in [-0.1, -0.05) is 25.0 Å². The summed E-state index contributed by atoms with van der Waals surface area (Å²) in [7, 11) is 0. The zero-order valence-electron chi connectivity index (χ0n) is 13.3. The molecule has 2 N–H and O–H groups in total. The zero-order valence-corrected chi connectivity index (χ0v) is 14.1. The minimum absolute atomic E-state index is 0.0412. The van der Waals surface area contributed by atoms with Gasteiger partial charge in [0.05, 0.1) is 27.4 Å². The molecule has 0 spiro atoms. The van der Waals surface area contributed by atoms with E-state index in [4.69, 9.17) is 0 Å². The maximum atomic E-state index is 12.0. The van der Waals surface area contributed by atoms with Gasteiger partial charge < -0.3 is 10.4 Å². The maximum Gasteiger partial charge on any atom is 0.220 e. The van der Waals surface area contributed by atoms with E-state index in [1.54, 1.807) is 11.3 Å². The van der Waals surface area contributed by atoms with Crippen molar-refractivity contribution < 1.29 is 9.90 Å². The highest BCUT2D eigenvalue weighted by Crippen LogP contribution is 2.23. The lowest BCUT2D eigenvalue weighted by Gasteiger charge is -2.28. The molecule has 3 rings (SSSR count). The number of nitrogens with one attached hydrogen (secondary N) is 1. The van der Waals surface area contributed by atoms with Gasteiger partial charge in [0.1, 0.15) is 0 Å².